The van der Waals surface area contributed by atoms with Crippen molar-refractivity contribution in [3.63, 3.8) is 0 Å². The van der Waals surface area contributed by atoms with Crippen LogP contribution in [0.3, 0.4) is 0 Å². The van der Waals surface area contributed by atoms with Crippen molar-refractivity contribution in [3.8, 4) is 0 Å². The van der Waals surface area contributed by atoms with Crippen molar-refractivity contribution < 1.29 is 14.4 Å². The Balaban J connectivity index is 5.49. The predicted octanol–water partition coefficient (Wildman–Crippen LogP) is 3.68. The molecule has 0 aliphatic rings. The zero-order valence-corrected chi connectivity index (χ0v) is 19.8. The van der Waals surface area contributed by atoms with Crippen molar-refractivity contribution in [3.05, 3.63) is 0 Å². The molecule has 134 valence electrons. The summed E-state index contributed by atoms with van der Waals surface area (Å²) in [6.45, 7) is 22.6. The minimum absolute atomic E-state index is 0.314. The quantitative estimate of drug-likeness (QED) is 0.300. The zero-order chi connectivity index (χ0) is 17.4. The van der Waals surface area contributed by atoms with Crippen molar-refractivity contribution in [2.24, 2.45) is 0 Å². The molecule has 0 rings (SSSR count). The maximum absolute atomic E-state index is 6.36. The molecule has 0 aromatic carbocycles. The van der Waals surface area contributed by atoms with Gasteiger partial charge in [0.2, 0.25) is 0 Å². The zero-order valence-electron chi connectivity index (χ0n) is 16.4. The molecular weight excluding hydrogens is 326 g/mol. The molecule has 1 atom stereocenters. The standard InChI is InChI=1S/C15H39NO3Si3/c1-10-17-15(13-21(4,5)6,20-14-22(7,8)9)16(18-11-2)19-12-3/h10-14,20H2,1-9H3. The summed E-state index contributed by atoms with van der Waals surface area (Å²) in [5.74, 6) is 0. The monoisotopic (exact) mass is 365 g/mol. The molecule has 0 N–H and O–H groups in total. The van der Waals surface area contributed by atoms with Gasteiger partial charge in [-0.15, -0.1) is 0 Å². The summed E-state index contributed by atoms with van der Waals surface area (Å²) in [5.41, 5.74) is 1.34. The highest BCUT2D eigenvalue weighted by Crippen LogP contribution is 2.31. The number of nitrogens with zero attached hydrogens (tertiary/aromatic N) is 1. The molecule has 0 fully saturated rings. The van der Waals surface area contributed by atoms with Gasteiger partial charge >= 0.3 is 0 Å². The number of ether oxygens (including phenoxy) is 1. The molecular formula is C15H39NO3Si3. The molecule has 7 heteroatoms. The van der Waals surface area contributed by atoms with Gasteiger partial charge in [0.25, 0.3) is 0 Å². The van der Waals surface area contributed by atoms with Crippen LogP contribution in [0, 0.1) is 0 Å². The van der Waals surface area contributed by atoms with E-state index in [4.69, 9.17) is 14.4 Å². The normalized spacial score (nSPS) is 16.6. The van der Waals surface area contributed by atoms with Crippen LogP contribution in [0.5, 0.6) is 0 Å². The van der Waals surface area contributed by atoms with E-state index in [1.165, 1.54) is 5.67 Å². The van der Waals surface area contributed by atoms with Crippen LogP contribution >= 0.6 is 0 Å². The lowest BCUT2D eigenvalue weighted by Gasteiger charge is -2.44. The summed E-state index contributed by atoms with van der Waals surface area (Å²) in [7, 11) is -2.94. The van der Waals surface area contributed by atoms with Crippen LogP contribution in [0.15, 0.2) is 0 Å². The van der Waals surface area contributed by atoms with E-state index >= 15 is 0 Å². The van der Waals surface area contributed by atoms with Crippen LogP contribution in [0.2, 0.25) is 51.0 Å². The van der Waals surface area contributed by atoms with Gasteiger partial charge in [-0.1, -0.05) is 44.9 Å². The van der Waals surface area contributed by atoms with E-state index in [0.29, 0.717) is 19.8 Å². The van der Waals surface area contributed by atoms with E-state index < -0.39 is 25.7 Å². The van der Waals surface area contributed by atoms with Gasteiger partial charge in [-0.2, -0.15) is 0 Å². The van der Waals surface area contributed by atoms with Gasteiger partial charge in [0.1, 0.15) is 5.35 Å². The molecule has 0 saturated carbocycles. The predicted molar refractivity (Wildman–Crippen MR) is 104 cm³/mol. The second-order valence-electron chi connectivity index (χ2n) is 8.27. The summed E-state index contributed by atoms with van der Waals surface area (Å²) in [6, 6.07) is 1.07. The first kappa shape index (κ1) is 22.5. The second-order valence-corrected chi connectivity index (χ2v) is 22.5. The fourth-order valence-corrected chi connectivity index (χ4v) is 12.7. The van der Waals surface area contributed by atoms with Crippen LogP contribution in [0.25, 0.3) is 0 Å². The summed E-state index contributed by atoms with van der Waals surface area (Å²) in [5, 5.41) is 1.44. The lowest BCUT2D eigenvalue weighted by atomic mass is 10.6. The lowest BCUT2D eigenvalue weighted by Crippen LogP contribution is -2.59. The van der Waals surface area contributed by atoms with Gasteiger partial charge in [-0.3, -0.25) is 9.68 Å². The molecule has 0 aliphatic carbocycles. The first-order chi connectivity index (χ1) is 9.99. The molecule has 0 aromatic heterocycles. The third-order valence-corrected chi connectivity index (χ3v) is 13.9. The van der Waals surface area contributed by atoms with E-state index in [1.807, 2.05) is 13.8 Å². The van der Waals surface area contributed by atoms with Gasteiger partial charge in [0.15, 0.2) is 0 Å². The van der Waals surface area contributed by atoms with Crippen molar-refractivity contribution in [1.82, 2.24) is 5.23 Å². The van der Waals surface area contributed by atoms with E-state index in [1.54, 1.807) is 5.23 Å². The topological polar surface area (TPSA) is 30.9 Å². The van der Waals surface area contributed by atoms with Crippen LogP contribution in [0.4, 0.5) is 0 Å². The van der Waals surface area contributed by atoms with Gasteiger partial charge in [-0.25, -0.2) is 0 Å². The minimum atomic E-state index is -1.32. The first-order valence-corrected chi connectivity index (χ1v) is 17.8. The summed E-state index contributed by atoms with van der Waals surface area (Å²) in [4.78, 5) is 11.7. The van der Waals surface area contributed by atoms with Crippen LogP contribution < -0.4 is 0 Å². The van der Waals surface area contributed by atoms with E-state index in [0.717, 1.165) is 6.04 Å². The van der Waals surface area contributed by atoms with Crippen molar-refractivity contribution in [1.29, 1.82) is 0 Å². The Morgan fingerprint density at radius 3 is 1.64 bits per heavy atom. The third kappa shape index (κ3) is 8.95. The van der Waals surface area contributed by atoms with Gasteiger partial charge in [0.05, 0.1) is 22.7 Å². The smallest absolute Gasteiger partial charge is 0.146 e. The van der Waals surface area contributed by atoms with Crippen molar-refractivity contribution >= 4 is 25.7 Å². The highest BCUT2D eigenvalue weighted by Gasteiger charge is 2.44. The lowest BCUT2D eigenvalue weighted by molar-refractivity contribution is -0.432. The average Bonchev–Trinajstić information content (AvgIpc) is 2.33. The molecule has 0 aromatic rings. The maximum atomic E-state index is 6.36. The summed E-state index contributed by atoms with van der Waals surface area (Å²) < 4.78 is 6.36. The first-order valence-electron chi connectivity index (χ1n) is 8.69. The Kier molecular flexibility index (Phi) is 9.92. The molecule has 22 heavy (non-hydrogen) atoms. The van der Waals surface area contributed by atoms with E-state index in [-0.39, 0.29) is 5.35 Å². The minimum Gasteiger partial charge on any atom is -0.360 e. The third-order valence-electron chi connectivity index (χ3n) is 3.31. The Morgan fingerprint density at radius 2 is 1.32 bits per heavy atom. The summed E-state index contributed by atoms with van der Waals surface area (Å²) in [6.07, 6.45) is 0. The highest BCUT2D eigenvalue weighted by molar-refractivity contribution is 6.84. The second kappa shape index (κ2) is 9.71. The van der Waals surface area contributed by atoms with Crippen molar-refractivity contribution in [2.75, 3.05) is 19.8 Å². The summed E-state index contributed by atoms with van der Waals surface area (Å²) >= 11 is 0. The molecule has 0 bridgehead atoms. The molecule has 0 saturated heterocycles. The SMILES string of the molecule is CCON(OCC)C(C[Si](C)(C)C)(OCC)[SiH2]C[Si](C)(C)C. The largest absolute Gasteiger partial charge is 0.360 e. The van der Waals surface area contributed by atoms with Crippen molar-refractivity contribution in [2.45, 2.75) is 77.1 Å². The molecule has 0 amide bonds. The number of hydrogen-bond acceptors (Lipinski definition) is 4. The highest BCUT2D eigenvalue weighted by atomic mass is 28.4. The van der Waals surface area contributed by atoms with E-state index in [9.17, 15) is 0 Å². The van der Waals surface area contributed by atoms with Crippen LogP contribution in [-0.4, -0.2) is 56.1 Å². The Hall–Kier alpha value is 0.491. The fraction of sp³-hybridized carbons (Fsp3) is 1.00. The molecule has 0 aliphatic heterocycles. The fourth-order valence-electron chi connectivity index (χ4n) is 2.59. The average molecular weight is 366 g/mol. The molecule has 1 unspecified atom stereocenters. The number of hydroxylamine groups is 2. The molecule has 4 nitrogen and oxygen atoms in total. The van der Waals surface area contributed by atoms with Gasteiger partial charge < -0.3 is 4.74 Å². The van der Waals surface area contributed by atoms with Crippen LogP contribution in [0.1, 0.15) is 20.8 Å². The maximum Gasteiger partial charge on any atom is 0.146 e. The number of hydrogen-bond donors (Lipinski definition) is 0. The Labute approximate surface area is 142 Å². The van der Waals surface area contributed by atoms with Gasteiger partial charge in [-0.05, 0) is 32.0 Å². The molecule has 0 spiro atoms. The Bertz CT molecular complexity index is 299. The van der Waals surface area contributed by atoms with E-state index in [2.05, 4.69) is 46.2 Å². The Morgan fingerprint density at radius 1 is 0.818 bits per heavy atom. The van der Waals surface area contributed by atoms with Gasteiger partial charge in [0, 0.05) is 22.8 Å². The van der Waals surface area contributed by atoms with Crippen LogP contribution in [-0.2, 0) is 14.4 Å². The molecule has 0 radical (unpaired) electrons. The number of rotatable bonds is 12. The molecule has 0 heterocycles.